The summed E-state index contributed by atoms with van der Waals surface area (Å²) < 4.78 is 45.7. The van der Waals surface area contributed by atoms with E-state index in [-0.39, 0.29) is 10.6 Å². The van der Waals surface area contributed by atoms with Gasteiger partial charge < -0.3 is 15.4 Å². The number of hydrogen-bond donors (Lipinski definition) is 3. The van der Waals surface area contributed by atoms with Crippen LogP contribution in [0, 0.1) is 5.82 Å². The van der Waals surface area contributed by atoms with Gasteiger partial charge in [0.1, 0.15) is 11.6 Å². The zero-order valence-corrected chi connectivity index (χ0v) is 16.0. The minimum atomic E-state index is -3.90. The second-order valence-electron chi connectivity index (χ2n) is 5.36. The summed E-state index contributed by atoms with van der Waals surface area (Å²) in [5, 5.41) is 6.44. The molecule has 0 aliphatic carbocycles. The van der Waals surface area contributed by atoms with E-state index in [2.05, 4.69) is 15.4 Å². The maximum atomic E-state index is 13.0. The van der Waals surface area contributed by atoms with Gasteiger partial charge in [-0.1, -0.05) is 6.92 Å². The van der Waals surface area contributed by atoms with Crippen molar-refractivity contribution in [3.05, 3.63) is 48.3 Å². The number of anilines is 2. The van der Waals surface area contributed by atoms with Crippen LogP contribution in [0.3, 0.4) is 0 Å². The van der Waals surface area contributed by atoms with Crippen molar-refractivity contribution in [2.75, 3.05) is 23.7 Å². The molecule has 2 aromatic carbocycles. The van der Waals surface area contributed by atoms with E-state index < -0.39 is 15.8 Å². The van der Waals surface area contributed by atoms with E-state index in [4.69, 9.17) is 17.0 Å². The van der Waals surface area contributed by atoms with Gasteiger partial charge >= 0.3 is 0 Å². The molecule has 0 heterocycles. The number of methoxy groups -OCH3 is 1. The van der Waals surface area contributed by atoms with E-state index in [1.807, 2.05) is 6.92 Å². The first kappa shape index (κ1) is 19.9. The van der Waals surface area contributed by atoms with Crippen LogP contribution in [-0.2, 0) is 10.0 Å². The van der Waals surface area contributed by atoms with Crippen LogP contribution < -0.4 is 20.1 Å². The molecule has 2 aromatic rings. The Balaban J connectivity index is 2.25. The molecule has 0 spiro atoms. The average Bonchev–Trinajstić information content (AvgIpc) is 2.60. The van der Waals surface area contributed by atoms with Crippen molar-refractivity contribution in [2.24, 2.45) is 0 Å². The van der Waals surface area contributed by atoms with Gasteiger partial charge in [-0.05, 0) is 61.1 Å². The van der Waals surface area contributed by atoms with E-state index in [1.165, 1.54) is 19.2 Å². The summed E-state index contributed by atoms with van der Waals surface area (Å²) in [5.41, 5.74) is 0.830. The van der Waals surface area contributed by atoms with Crippen LogP contribution in [0.4, 0.5) is 15.8 Å². The Morgan fingerprint density at radius 2 is 1.88 bits per heavy atom. The quantitative estimate of drug-likeness (QED) is 0.622. The highest BCUT2D eigenvalue weighted by Crippen LogP contribution is 2.30. The molecule has 9 heteroatoms. The normalized spacial score (nSPS) is 10.9. The van der Waals surface area contributed by atoms with Crippen molar-refractivity contribution < 1.29 is 17.5 Å². The lowest BCUT2D eigenvalue weighted by Crippen LogP contribution is -2.28. The minimum Gasteiger partial charge on any atom is -0.495 e. The molecule has 0 bridgehead atoms. The third-order valence-corrected chi connectivity index (χ3v) is 4.99. The van der Waals surface area contributed by atoms with Crippen molar-refractivity contribution in [3.8, 4) is 5.75 Å². The number of benzene rings is 2. The van der Waals surface area contributed by atoms with Crippen LogP contribution in [0.5, 0.6) is 5.75 Å². The third-order valence-electron chi connectivity index (χ3n) is 3.36. The van der Waals surface area contributed by atoms with Gasteiger partial charge in [-0.25, -0.2) is 12.8 Å². The lowest BCUT2D eigenvalue weighted by molar-refractivity contribution is 0.417. The molecule has 0 radical (unpaired) electrons. The van der Waals surface area contributed by atoms with E-state index in [9.17, 15) is 12.8 Å². The third kappa shape index (κ3) is 5.30. The number of thiocarbonyl (C=S) groups is 1. The Morgan fingerprint density at radius 1 is 1.19 bits per heavy atom. The smallest absolute Gasteiger partial charge is 0.262 e. The molecule has 2 rings (SSSR count). The highest BCUT2D eigenvalue weighted by Gasteiger charge is 2.17. The molecule has 26 heavy (non-hydrogen) atoms. The topological polar surface area (TPSA) is 79.5 Å². The fourth-order valence-corrected chi connectivity index (χ4v) is 3.38. The fraction of sp³-hybridized carbons (Fsp3) is 0.235. The highest BCUT2D eigenvalue weighted by molar-refractivity contribution is 7.92. The van der Waals surface area contributed by atoms with Crippen LogP contribution in [0.2, 0.25) is 0 Å². The second-order valence-corrected chi connectivity index (χ2v) is 7.45. The molecule has 0 fully saturated rings. The van der Waals surface area contributed by atoms with Gasteiger partial charge in [-0.3, -0.25) is 4.72 Å². The van der Waals surface area contributed by atoms with Gasteiger partial charge in [0.25, 0.3) is 10.0 Å². The number of ether oxygens (including phenoxy) is 1. The van der Waals surface area contributed by atoms with Crippen LogP contribution in [-0.4, -0.2) is 27.2 Å². The lowest BCUT2D eigenvalue weighted by atomic mass is 10.2. The summed E-state index contributed by atoms with van der Waals surface area (Å²) in [5.74, 6) is -0.172. The van der Waals surface area contributed by atoms with Gasteiger partial charge in [0.05, 0.1) is 17.7 Å². The Kier molecular flexibility index (Phi) is 6.76. The summed E-state index contributed by atoms with van der Waals surface area (Å²) in [7, 11) is -2.46. The van der Waals surface area contributed by atoms with Gasteiger partial charge in [-0.15, -0.1) is 0 Å². The molecule has 0 saturated carbocycles. The predicted molar refractivity (Wildman–Crippen MR) is 105 cm³/mol. The maximum absolute atomic E-state index is 13.0. The fourth-order valence-electron chi connectivity index (χ4n) is 2.10. The van der Waals surface area contributed by atoms with Gasteiger partial charge in [-0.2, -0.15) is 0 Å². The molecule has 0 saturated heterocycles. The van der Waals surface area contributed by atoms with Crippen molar-refractivity contribution in [1.29, 1.82) is 0 Å². The lowest BCUT2D eigenvalue weighted by Gasteiger charge is -2.15. The van der Waals surface area contributed by atoms with Crippen LogP contribution in [0.25, 0.3) is 0 Å². The predicted octanol–water partition coefficient (Wildman–Crippen LogP) is 3.33. The van der Waals surface area contributed by atoms with Crippen LogP contribution >= 0.6 is 12.2 Å². The monoisotopic (exact) mass is 397 g/mol. The molecular weight excluding hydrogens is 377 g/mol. The first-order valence-corrected chi connectivity index (χ1v) is 9.76. The molecule has 0 amide bonds. The van der Waals surface area contributed by atoms with Gasteiger partial charge in [0, 0.05) is 12.2 Å². The highest BCUT2D eigenvalue weighted by atomic mass is 32.2. The van der Waals surface area contributed by atoms with E-state index in [0.717, 1.165) is 25.1 Å². The summed E-state index contributed by atoms with van der Waals surface area (Å²) in [6, 6.07) is 9.46. The average molecular weight is 397 g/mol. The van der Waals surface area contributed by atoms with Crippen molar-refractivity contribution in [1.82, 2.24) is 5.32 Å². The van der Waals surface area contributed by atoms with Gasteiger partial charge in [0.15, 0.2) is 5.11 Å². The van der Waals surface area contributed by atoms with Crippen molar-refractivity contribution in [3.63, 3.8) is 0 Å². The van der Waals surface area contributed by atoms with E-state index in [1.54, 1.807) is 18.2 Å². The van der Waals surface area contributed by atoms with E-state index in [0.29, 0.717) is 16.5 Å². The second kappa shape index (κ2) is 8.81. The first-order valence-electron chi connectivity index (χ1n) is 7.87. The Hall–Kier alpha value is -2.39. The molecule has 0 atom stereocenters. The molecule has 0 aromatic heterocycles. The summed E-state index contributed by atoms with van der Waals surface area (Å²) in [6.45, 7) is 2.75. The molecule has 0 aliphatic rings. The molecule has 140 valence electrons. The number of nitrogens with one attached hydrogen (secondary N) is 3. The zero-order valence-electron chi connectivity index (χ0n) is 14.4. The number of halogens is 1. The largest absolute Gasteiger partial charge is 0.495 e. The Labute approximate surface area is 157 Å². The summed E-state index contributed by atoms with van der Waals surface area (Å²) in [4.78, 5) is -0.0561. The van der Waals surface area contributed by atoms with Crippen molar-refractivity contribution in [2.45, 2.75) is 18.2 Å². The van der Waals surface area contributed by atoms with Crippen LogP contribution in [0.1, 0.15) is 13.3 Å². The Bertz CT molecular complexity index is 871. The molecule has 0 unspecified atom stereocenters. The molecular formula is C17H20FN3O3S2. The minimum absolute atomic E-state index is 0.0561. The molecule has 3 N–H and O–H groups in total. The zero-order chi connectivity index (χ0) is 19.2. The van der Waals surface area contributed by atoms with E-state index >= 15 is 0 Å². The number of sulfonamides is 1. The van der Waals surface area contributed by atoms with Gasteiger partial charge in [0.2, 0.25) is 0 Å². The van der Waals surface area contributed by atoms with Crippen molar-refractivity contribution >= 4 is 38.7 Å². The number of rotatable bonds is 7. The molecule has 0 aliphatic heterocycles. The number of hydrogen-bond acceptors (Lipinski definition) is 4. The maximum Gasteiger partial charge on any atom is 0.262 e. The summed E-state index contributed by atoms with van der Waals surface area (Å²) in [6.07, 6.45) is 0.924. The standard InChI is InChI=1S/C17H20FN3O3S2/c1-3-10-19-17(25)20-13-6-9-16(24-2)15(11-13)21-26(22,23)14-7-4-12(18)5-8-14/h4-9,11,21H,3,10H2,1-2H3,(H2,19,20,25). The SMILES string of the molecule is CCCNC(=S)Nc1ccc(OC)c(NS(=O)(=O)c2ccc(F)cc2)c1. The van der Waals surface area contributed by atoms with Crippen LogP contribution in [0.15, 0.2) is 47.4 Å². The summed E-state index contributed by atoms with van der Waals surface area (Å²) >= 11 is 5.18. The molecule has 6 nitrogen and oxygen atoms in total. The Morgan fingerprint density at radius 3 is 2.50 bits per heavy atom. The first-order chi connectivity index (χ1) is 12.4.